The van der Waals surface area contributed by atoms with Crippen LogP contribution in [0.2, 0.25) is 0 Å². The van der Waals surface area contributed by atoms with Crippen LogP contribution < -0.4 is 22.7 Å². The monoisotopic (exact) mass is 1030 g/mol. The van der Waals surface area contributed by atoms with Crippen LogP contribution in [0.1, 0.15) is 41.5 Å². The maximum atomic E-state index is 12.0. The molecule has 0 radical (unpaired) electrons. The highest BCUT2D eigenvalue weighted by molar-refractivity contribution is 9.10. The maximum absolute atomic E-state index is 12.0. The molecule has 0 saturated carbocycles. The molecule has 0 aliphatic rings. The molecule has 3 aromatic heterocycles. The molecule has 330 valence electrons. The highest BCUT2D eigenvalue weighted by Crippen LogP contribution is 2.25. The van der Waals surface area contributed by atoms with Gasteiger partial charge in [-0.15, -0.1) is 0 Å². The molecule has 0 fully saturated rings. The van der Waals surface area contributed by atoms with Gasteiger partial charge in [-0.2, -0.15) is 0 Å². The lowest BCUT2D eigenvalue weighted by molar-refractivity contribution is 0.425. The van der Waals surface area contributed by atoms with Gasteiger partial charge in [-0.25, -0.2) is 50.2 Å². The third kappa shape index (κ3) is 14.3. The van der Waals surface area contributed by atoms with Gasteiger partial charge in [0.15, 0.2) is 35.3 Å². The number of sulfone groups is 3. The summed E-state index contributed by atoms with van der Waals surface area (Å²) < 4.78 is 72.6. The van der Waals surface area contributed by atoms with Gasteiger partial charge in [-0.3, -0.25) is 4.98 Å². The fraction of sp³-hybridized carbons (Fsp3) is 0.231. The molecule has 3 heterocycles. The van der Waals surface area contributed by atoms with Crippen LogP contribution in [0.4, 0.5) is 17.5 Å². The minimum Gasteiger partial charge on any atom is -0.423 e. The topological polar surface area (TPSA) is 298 Å². The van der Waals surface area contributed by atoms with Crippen molar-refractivity contribution in [1.29, 1.82) is 0 Å². The molecule has 0 amide bonds. The Hall–Kier alpha value is -4.91. The van der Waals surface area contributed by atoms with Gasteiger partial charge in [0.25, 0.3) is 0 Å². The van der Waals surface area contributed by atoms with Crippen molar-refractivity contribution in [1.82, 2.24) is 29.9 Å². The van der Waals surface area contributed by atoms with Crippen molar-refractivity contribution in [3.05, 3.63) is 113 Å². The van der Waals surface area contributed by atoms with Crippen molar-refractivity contribution in [3.63, 3.8) is 0 Å². The van der Waals surface area contributed by atoms with Gasteiger partial charge in [0.1, 0.15) is 20.8 Å². The van der Waals surface area contributed by atoms with Crippen LogP contribution in [0.25, 0.3) is 22.5 Å². The Labute approximate surface area is 378 Å². The molecular formula is C39H46BBr2N9O8S3. The van der Waals surface area contributed by atoms with Crippen LogP contribution in [-0.2, 0) is 29.5 Å². The second-order valence-electron chi connectivity index (χ2n) is 13.8. The SMILES string of the molecule is CC(C)S(=O)(=O)c1ccc(-c2cnc(N)c(Br)n2)cc1.CC(C)S(=O)(=O)c1ccc(-c2cnc(N)cn2)cc1.CC(C)S(=O)(=O)c1ccc(B(O)O)cc1.Nc1cnc(Br)cn1. The number of aromatic nitrogens is 6. The predicted octanol–water partition coefficient (Wildman–Crippen LogP) is 4.95. The number of hydrogen-bond donors (Lipinski definition) is 5. The van der Waals surface area contributed by atoms with Gasteiger partial charge >= 0.3 is 7.12 Å². The molecule has 0 aliphatic carbocycles. The van der Waals surface area contributed by atoms with Gasteiger partial charge in [-0.1, -0.05) is 36.4 Å². The van der Waals surface area contributed by atoms with E-state index in [-0.39, 0.29) is 10.4 Å². The van der Waals surface area contributed by atoms with Crippen LogP contribution in [0.15, 0.2) is 128 Å². The van der Waals surface area contributed by atoms with Crippen molar-refractivity contribution < 1.29 is 35.3 Å². The molecule has 23 heteroatoms. The number of nitrogens with two attached hydrogens (primary N) is 3. The van der Waals surface area contributed by atoms with Crippen LogP contribution in [-0.4, -0.2) is 88.1 Å². The van der Waals surface area contributed by atoms with Crippen LogP contribution in [0, 0.1) is 0 Å². The van der Waals surface area contributed by atoms with Crippen LogP contribution >= 0.6 is 31.9 Å². The molecule has 8 N–H and O–H groups in total. The number of halogens is 2. The minimum absolute atomic E-state index is 0.196. The van der Waals surface area contributed by atoms with Crippen LogP contribution in [0.5, 0.6) is 0 Å². The molecular weight excluding hydrogens is 989 g/mol. The Kier molecular flexibility index (Phi) is 18.6. The summed E-state index contributed by atoms with van der Waals surface area (Å²) in [7, 11) is -11.3. The summed E-state index contributed by atoms with van der Waals surface area (Å²) in [6.07, 6.45) is 7.61. The van der Waals surface area contributed by atoms with E-state index in [1.54, 1.807) is 109 Å². The normalized spacial score (nSPS) is 11.4. The van der Waals surface area contributed by atoms with Gasteiger partial charge in [0.2, 0.25) is 0 Å². The molecule has 0 saturated heterocycles. The quantitative estimate of drug-likeness (QED) is 0.120. The Morgan fingerprint density at radius 2 is 0.871 bits per heavy atom. The Morgan fingerprint density at radius 1 is 0.500 bits per heavy atom. The summed E-state index contributed by atoms with van der Waals surface area (Å²) in [4.78, 5) is 24.7. The first-order valence-corrected chi connectivity index (χ1v) is 24.6. The summed E-state index contributed by atoms with van der Waals surface area (Å²) in [6, 6.07) is 18.7. The first-order valence-electron chi connectivity index (χ1n) is 18.3. The van der Waals surface area contributed by atoms with E-state index in [9.17, 15) is 25.3 Å². The van der Waals surface area contributed by atoms with E-state index in [0.717, 1.165) is 11.1 Å². The summed E-state index contributed by atoms with van der Waals surface area (Å²) in [5, 5.41) is 16.3. The Balaban J connectivity index is 0.000000229. The highest BCUT2D eigenvalue weighted by Gasteiger charge is 2.21. The largest absolute Gasteiger partial charge is 0.488 e. The molecule has 17 nitrogen and oxygen atoms in total. The zero-order valence-electron chi connectivity index (χ0n) is 34.4. The van der Waals surface area contributed by atoms with E-state index in [2.05, 4.69) is 61.8 Å². The summed E-state index contributed by atoms with van der Waals surface area (Å²) in [5.41, 5.74) is 19.4. The Bertz CT molecular complexity index is 2700. The predicted molar refractivity (Wildman–Crippen MR) is 249 cm³/mol. The zero-order chi connectivity index (χ0) is 46.6. The molecule has 62 heavy (non-hydrogen) atoms. The third-order valence-corrected chi connectivity index (χ3v) is 15.9. The lowest BCUT2D eigenvalue weighted by Gasteiger charge is -2.08. The van der Waals surface area contributed by atoms with E-state index in [4.69, 9.17) is 27.2 Å². The summed E-state index contributed by atoms with van der Waals surface area (Å²) >= 11 is 6.33. The van der Waals surface area contributed by atoms with E-state index in [1.165, 1.54) is 36.7 Å². The number of rotatable bonds is 9. The van der Waals surface area contributed by atoms with Crippen molar-refractivity contribution in [2.45, 2.75) is 72.0 Å². The van der Waals surface area contributed by atoms with E-state index < -0.39 is 52.4 Å². The van der Waals surface area contributed by atoms with Gasteiger partial charge in [0, 0.05) is 11.1 Å². The van der Waals surface area contributed by atoms with E-state index >= 15 is 0 Å². The molecule has 0 bridgehead atoms. The van der Waals surface area contributed by atoms with Crippen molar-refractivity contribution in [2.24, 2.45) is 0 Å². The van der Waals surface area contributed by atoms with E-state index in [1.807, 2.05) is 0 Å². The fourth-order valence-corrected chi connectivity index (χ4v) is 8.28. The zero-order valence-corrected chi connectivity index (χ0v) is 40.0. The van der Waals surface area contributed by atoms with Crippen molar-refractivity contribution >= 4 is 91.4 Å². The lowest BCUT2D eigenvalue weighted by Crippen LogP contribution is -2.29. The molecule has 0 aliphatic heterocycles. The molecule has 6 aromatic rings. The molecule has 0 unspecified atom stereocenters. The molecule has 0 spiro atoms. The molecule has 3 aromatic carbocycles. The Morgan fingerprint density at radius 3 is 1.19 bits per heavy atom. The average Bonchev–Trinajstić information content (AvgIpc) is 3.24. The first-order chi connectivity index (χ1) is 28.9. The smallest absolute Gasteiger partial charge is 0.423 e. The van der Waals surface area contributed by atoms with Crippen molar-refractivity contribution in [3.8, 4) is 22.5 Å². The summed E-state index contributed by atoms with van der Waals surface area (Å²) in [6.45, 7) is 9.84. The van der Waals surface area contributed by atoms with Gasteiger partial charge < -0.3 is 27.2 Å². The lowest BCUT2D eigenvalue weighted by atomic mass is 9.81. The number of anilines is 3. The summed E-state index contributed by atoms with van der Waals surface area (Å²) in [5.74, 6) is 1.10. The second-order valence-corrected chi connectivity index (χ2v) is 22.9. The minimum atomic E-state index is -3.28. The van der Waals surface area contributed by atoms with Crippen LogP contribution in [0.3, 0.4) is 0 Å². The highest BCUT2D eigenvalue weighted by atomic mass is 79.9. The van der Waals surface area contributed by atoms with E-state index in [0.29, 0.717) is 47.8 Å². The van der Waals surface area contributed by atoms with Gasteiger partial charge in [-0.05, 0) is 115 Å². The third-order valence-electron chi connectivity index (χ3n) is 8.39. The average molecular weight is 1040 g/mol. The second kappa shape index (κ2) is 22.4. The maximum Gasteiger partial charge on any atom is 0.488 e. The number of hydrogen-bond acceptors (Lipinski definition) is 17. The number of nitrogens with zero attached hydrogens (tertiary/aromatic N) is 6. The fourth-order valence-electron chi connectivity index (χ4n) is 4.60. The molecule has 0 atom stereocenters. The number of nitrogen functional groups attached to an aromatic ring is 3. The molecule has 6 rings (SSSR count). The standard InChI is InChI=1S/C13H14BrN3O2S.C13H15N3O2S.C9H13BO4S.C4H4BrN3/c1-8(2)20(18,19)10-5-3-9(4-6-10)11-7-16-13(15)12(14)17-11;1-9(2)19(17,18)11-5-3-10(4-6-11)12-7-16-13(14)8-15-12;1-7(2)15(13,14)9-5-3-8(4-6-9)10(11)12;5-3-1-8-4(6)2-7-3/h3-8H,1-2H3,(H2,15,16);3-9H,1-2H3,(H2,14,16);3-7,11-12H,1-2H3;1-2H,(H2,6,8). The van der Waals surface area contributed by atoms with Crippen molar-refractivity contribution in [2.75, 3.05) is 17.2 Å². The first kappa shape index (κ1) is 51.4. The number of benzene rings is 3. The van der Waals surface area contributed by atoms with Gasteiger partial charge in [0.05, 0.1) is 72.8 Å².